The highest BCUT2D eigenvalue weighted by Crippen LogP contribution is 2.18. The van der Waals surface area contributed by atoms with E-state index in [1.54, 1.807) is 13.1 Å². The van der Waals surface area contributed by atoms with Crippen molar-refractivity contribution in [1.29, 1.82) is 0 Å². The van der Waals surface area contributed by atoms with Crippen LogP contribution < -0.4 is 15.5 Å². The molecule has 0 aliphatic carbocycles. The first-order valence-electron chi connectivity index (χ1n) is 8.72. The van der Waals surface area contributed by atoms with Crippen molar-refractivity contribution < 1.29 is 9.13 Å². The fourth-order valence-corrected chi connectivity index (χ4v) is 2.86. The van der Waals surface area contributed by atoms with Gasteiger partial charge in [-0.2, -0.15) is 0 Å². The molecule has 26 heavy (non-hydrogen) atoms. The first kappa shape index (κ1) is 18.1. The van der Waals surface area contributed by atoms with Crippen molar-refractivity contribution in [3.05, 3.63) is 59.5 Å². The van der Waals surface area contributed by atoms with Crippen LogP contribution in [0.2, 0.25) is 0 Å². The van der Waals surface area contributed by atoms with Gasteiger partial charge in [-0.05, 0) is 23.8 Å². The standard InChI is InChI=1S/C19H24FN5O/c1-21-19(23-13-15-4-2-6-17(20)12-15)24-14-16-5-3-7-22-18(16)25-8-10-26-11-9-25/h2-7,12H,8-11,13-14H2,1H3,(H2,21,23,24). The molecule has 1 saturated heterocycles. The molecular formula is C19H24FN5O. The number of morpholine rings is 1. The average Bonchev–Trinajstić information content (AvgIpc) is 2.69. The summed E-state index contributed by atoms with van der Waals surface area (Å²) in [6.07, 6.45) is 1.81. The van der Waals surface area contributed by atoms with E-state index >= 15 is 0 Å². The van der Waals surface area contributed by atoms with Crippen LogP contribution in [-0.4, -0.2) is 44.3 Å². The Morgan fingerprint density at radius 2 is 2.00 bits per heavy atom. The Morgan fingerprint density at radius 1 is 1.19 bits per heavy atom. The zero-order chi connectivity index (χ0) is 18.2. The molecule has 0 radical (unpaired) electrons. The summed E-state index contributed by atoms with van der Waals surface area (Å²) < 4.78 is 18.7. The molecule has 2 heterocycles. The van der Waals surface area contributed by atoms with Gasteiger partial charge >= 0.3 is 0 Å². The molecule has 3 rings (SSSR count). The van der Waals surface area contributed by atoms with E-state index in [0.29, 0.717) is 19.0 Å². The monoisotopic (exact) mass is 357 g/mol. The zero-order valence-electron chi connectivity index (χ0n) is 14.9. The fraction of sp³-hybridized carbons (Fsp3) is 0.368. The summed E-state index contributed by atoms with van der Waals surface area (Å²) in [5.41, 5.74) is 1.96. The molecule has 2 aromatic rings. The molecular weight excluding hydrogens is 333 g/mol. The molecule has 0 bridgehead atoms. The highest BCUT2D eigenvalue weighted by molar-refractivity contribution is 5.79. The van der Waals surface area contributed by atoms with Crippen molar-refractivity contribution in [2.45, 2.75) is 13.1 Å². The Balaban J connectivity index is 1.58. The van der Waals surface area contributed by atoms with Gasteiger partial charge in [-0.15, -0.1) is 0 Å². The maximum Gasteiger partial charge on any atom is 0.191 e. The lowest BCUT2D eigenvalue weighted by atomic mass is 10.2. The minimum Gasteiger partial charge on any atom is -0.378 e. The van der Waals surface area contributed by atoms with Gasteiger partial charge in [-0.1, -0.05) is 18.2 Å². The van der Waals surface area contributed by atoms with Crippen molar-refractivity contribution in [1.82, 2.24) is 15.6 Å². The number of hydrogen-bond acceptors (Lipinski definition) is 4. The van der Waals surface area contributed by atoms with Gasteiger partial charge in [0.05, 0.1) is 13.2 Å². The molecule has 2 N–H and O–H groups in total. The molecule has 0 atom stereocenters. The van der Waals surface area contributed by atoms with E-state index in [9.17, 15) is 4.39 Å². The summed E-state index contributed by atoms with van der Waals surface area (Å²) in [5, 5.41) is 6.50. The number of halogens is 1. The number of rotatable bonds is 5. The van der Waals surface area contributed by atoms with E-state index in [0.717, 1.165) is 43.2 Å². The molecule has 1 aromatic carbocycles. The first-order chi connectivity index (χ1) is 12.8. The average molecular weight is 357 g/mol. The van der Waals surface area contributed by atoms with Gasteiger partial charge < -0.3 is 20.3 Å². The molecule has 0 unspecified atom stereocenters. The van der Waals surface area contributed by atoms with Crippen molar-refractivity contribution in [2.24, 2.45) is 4.99 Å². The van der Waals surface area contributed by atoms with E-state index < -0.39 is 0 Å². The van der Waals surface area contributed by atoms with Gasteiger partial charge in [0.25, 0.3) is 0 Å². The third-order valence-electron chi connectivity index (χ3n) is 4.20. The minimum atomic E-state index is -0.238. The summed E-state index contributed by atoms with van der Waals surface area (Å²) in [7, 11) is 1.72. The summed E-state index contributed by atoms with van der Waals surface area (Å²) in [5.74, 6) is 1.40. The largest absolute Gasteiger partial charge is 0.378 e. The molecule has 1 aromatic heterocycles. The van der Waals surface area contributed by atoms with Gasteiger partial charge in [0, 0.05) is 45.0 Å². The second-order valence-electron chi connectivity index (χ2n) is 5.99. The molecule has 7 heteroatoms. The van der Waals surface area contributed by atoms with Gasteiger partial charge in [-0.25, -0.2) is 9.37 Å². The summed E-state index contributed by atoms with van der Waals surface area (Å²) in [6.45, 7) is 4.23. The Hall–Kier alpha value is -2.67. The lowest BCUT2D eigenvalue weighted by Crippen LogP contribution is -2.39. The normalized spacial score (nSPS) is 15.0. The van der Waals surface area contributed by atoms with E-state index in [1.165, 1.54) is 12.1 Å². The Bertz CT molecular complexity index is 746. The fourth-order valence-electron chi connectivity index (χ4n) is 2.86. The summed E-state index contributed by atoms with van der Waals surface area (Å²) in [6, 6.07) is 10.5. The molecule has 1 fully saturated rings. The smallest absolute Gasteiger partial charge is 0.191 e. The SMILES string of the molecule is CN=C(NCc1cccc(F)c1)NCc1cccnc1N1CCOCC1. The highest BCUT2D eigenvalue weighted by Gasteiger charge is 2.15. The van der Waals surface area contributed by atoms with Gasteiger partial charge in [0.1, 0.15) is 11.6 Å². The molecule has 0 saturated carbocycles. The third kappa shape index (κ3) is 4.92. The van der Waals surface area contributed by atoms with Crippen LogP contribution in [0, 0.1) is 5.82 Å². The Kier molecular flexibility index (Phi) is 6.38. The Morgan fingerprint density at radius 3 is 2.77 bits per heavy atom. The summed E-state index contributed by atoms with van der Waals surface area (Å²) >= 11 is 0. The van der Waals surface area contributed by atoms with Crippen molar-refractivity contribution in [3.63, 3.8) is 0 Å². The van der Waals surface area contributed by atoms with Crippen molar-refractivity contribution >= 4 is 11.8 Å². The lowest BCUT2D eigenvalue weighted by molar-refractivity contribution is 0.122. The number of aromatic nitrogens is 1. The van der Waals surface area contributed by atoms with Crippen molar-refractivity contribution in [3.8, 4) is 0 Å². The van der Waals surface area contributed by atoms with Crippen LogP contribution in [0.5, 0.6) is 0 Å². The van der Waals surface area contributed by atoms with Crippen LogP contribution in [0.15, 0.2) is 47.6 Å². The van der Waals surface area contributed by atoms with Crippen LogP contribution in [0.4, 0.5) is 10.2 Å². The van der Waals surface area contributed by atoms with Crippen molar-refractivity contribution in [2.75, 3.05) is 38.3 Å². The number of ether oxygens (including phenoxy) is 1. The maximum absolute atomic E-state index is 13.3. The number of hydrogen-bond donors (Lipinski definition) is 2. The van der Waals surface area contributed by atoms with Crippen LogP contribution >= 0.6 is 0 Å². The number of guanidine groups is 1. The Labute approximate surface area is 153 Å². The number of anilines is 1. The van der Waals surface area contributed by atoms with Crippen LogP contribution in [-0.2, 0) is 17.8 Å². The van der Waals surface area contributed by atoms with Crippen LogP contribution in [0.25, 0.3) is 0 Å². The number of aliphatic imine (C=N–C) groups is 1. The van der Waals surface area contributed by atoms with Crippen LogP contribution in [0.1, 0.15) is 11.1 Å². The first-order valence-corrected chi connectivity index (χ1v) is 8.72. The van der Waals surface area contributed by atoms with Gasteiger partial charge in [0.15, 0.2) is 5.96 Å². The molecule has 6 nitrogen and oxygen atoms in total. The zero-order valence-corrected chi connectivity index (χ0v) is 14.9. The van der Waals surface area contributed by atoms with Gasteiger partial charge in [0.2, 0.25) is 0 Å². The number of benzene rings is 1. The number of nitrogens with one attached hydrogen (secondary N) is 2. The van der Waals surface area contributed by atoms with E-state index in [1.807, 2.05) is 18.3 Å². The van der Waals surface area contributed by atoms with E-state index in [4.69, 9.17) is 4.74 Å². The topological polar surface area (TPSA) is 61.8 Å². The molecule has 1 aliphatic heterocycles. The molecule has 0 amide bonds. The van der Waals surface area contributed by atoms with E-state index in [2.05, 4.69) is 31.6 Å². The number of nitrogens with zero attached hydrogens (tertiary/aromatic N) is 3. The van der Waals surface area contributed by atoms with Gasteiger partial charge in [-0.3, -0.25) is 4.99 Å². The summed E-state index contributed by atoms with van der Waals surface area (Å²) in [4.78, 5) is 11.0. The number of pyridine rings is 1. The van der Waals surface area contributed by atoms with E-state index in [-0.39, 0.29) is 5.82 Å². The quantitative estimate of drug-likeness (QED) is 0.632. The van der Waals surface area contributed by atoms with Crippen LogP contribution in [0.3, 0.4) is 0 Å². The minimum absolute atomic E-state index is 0.238. The molecule has 0 spiro atoms. The maximum atomic E-state index is 13.3. The third-order valence-corrected chi connectivity index (χ3v) is 4.20. The predicted molar refractivity (Wildman–Crippen MR) is 101 cm³/mol. The lowest BCUT2D eigenvalue weighted by Gasteiger charge is -2.29. The highest BCUT2D eigenvalue weighted by atomic mass is 19.1. The predicted octanol–water partition coefficient (Wildman–Crippen LogP) is 1.92. The second-order valence-corrected chi connectivity index (χ2v) is 5.99. The second kappa shape index (κ2) is 9.15. The molecule has 1 aliphatic rings. The molecule has 138 valence electrons.